The van der Waals surface area contributed by atoms with Crippen LogP contribution in [-0.2, 0) is 14.3 Å². The lowest BCUT2D eigenvalue weighted by Crippen LogP contribution is -2.28. The molecule has 0 radical (unpaired) electrons. The lowest BCUT2D eigenvalue weighted by Gasteiger charge is -2.12. The normalized spacial score (nSPS) is 9.80. The summed E-state index contributed by atoms with van der Waals surface area (Å²) >= 11 is 0. The van der Waals surface area contributed by atoms with E-state index in [9.17, 15) is 9.59 Å². The van der Waals surface area contributed by atoms with E-state index in [0.29, 0.717) is 11.6 Å². The standard InChI is InChI=1S/C10H13NO4/c1-7-4-5-9(15-7)11(2)8(12)6-10(13)14-3/h4-5H,6H2,1-3H3. The number of methoxy groups -OCH3 is 1. The Hall–Kier alpha value is -1.78. The molecule has 0 atom stereocenters. The number of furan rings is 1. The molecule has 0 saturated heterocycles. The molecule has 1 rings (SSSR count). The predicted octanol–water partition coefficient (Wildman–Crippen LogP) is 1.11. The van der Waals surface area contributed by atoms with Crippen LogP contribution in [0.3, 0.4) is 0 Å². The SMILES string of the molecule is COC(=O)CC(=O)N(C)c1ccc(C)o1. The number of hydrogen-bond donors (Lipinski definition) is 0. The molecule has 5 heteroatoms. The molecule has 1 heterocycles. The minimum Gasteiger partial charge on any atom is -0.469 e. The minimum atomic E-state index is -0.560. The summed E-state index contributed by atoms with van der Waals surface area (Å²) < 4.78 is 9.63. The van der Waals surface area contributed by atoms with Gasteiger partial charge in [-0.1, -0.05) is 0 Å². The summed E-state index contributed by atoms with van der Waals surface area (Å²) in [7, 11) is 2.79. The summed E-state index contributed by atoms with van der Waals surface area (Å²) in [4.78, 5) is 23.6. The van der Waals surface area contributed by atoms with E-state index < -0.39 is 5.97 Å². The molecular formula is C10H13NO4. The number of esters is 1. The van der Waals surface area contributed by atoms with Crippen LogP contribution in [0.4, 0.5) is 5.88 Å². The lowest BCUT2D eigenvalue weighted by molar-refractivity contribution is -0.143. The van der Waals surface area contributed by atoms with E-state index in [1.807, 2.05) is 0 Å². The zero-order valence-electron chi connectivity index (χ0n) is 8.94. The van der Waals surface area contributed by atoms with Crippen molar-refractivity contribution < 1.29 is 18.7 Å². The van der Waals surface area contributed by atoms with Gasteiger partial charge in [0.15, 0.2) is 0 Å². The zero-order valence-corrected chi connectivity index (χ0v) is 8.94. The fourth-order valence-electron chi connectivity index (χ4n) is 1.04. The van der Waals surface area contributed by atoms with E-state index in [1.54, 1.807) is 26.1 Å². The molecular weight excluding hydrogens is 198 g/mol. The molecule has 0 bridgehead atoms. The van der Waals surface area contributed by atoms with Crippen LogP contribution in [-0.4, -0.2) is 26.0 Å². The van der Waals surface area contributed by atoms with E-state index in [4.69, 9.17) is 4.42 Å². The molecule has 0 aliphatic heterocycles. The van der Waals surface area contributed by atoms with Gasteiger partial charge in [0.2, 0.25) is 11.8 Å². The molecule has 0 aliphatic rings. The first-order valence-corrected chi connectivity index (χ1v) is 4.44. The number of carbonyl (C=O) groups excluding carboxylic acids is 2. The Balaban J connectivity index is 2.64. The van der Waals surface area contributed by atoms with Crippen molar-refractivity contribution in [2.75, 3.05) is 19.1 Å². The van der Waals surface area contributed by atoms with Crippen LogP contribution in [0.1, 0.15) is 12.2 Å². The zero-order chi connectivity index (χ0) is 11.4. The first kappa shape index (κ1) is 11.3. The Kier molecular flexibility index (Phi) is 3.49. The van der Waals surface area contributed by atoms with Crippen molar-refractivity contribution >= 4 is 17.8 Å². The number of anilines is 1. The molecule has 5 nitrogen and oxygen atoms in total. The van der Waals surface area contributed by atoms with Crippen LogP contribution in [0.5, 0.6) is 0 Å². The first-order chi connectivity index (χ1) is 7.04. The fourth-order valence-corrected chi connectivity index (χ4v) is 1.04. The lowest BCUT2D eigenvalue weighted by atomic mass is 10.4. The van der Waals surface area contributed by atoms with Gasteiger partial charge in [-0.05, 0) is 13.0 Å². The number of amides is 1. The van der Waals surface area contributed by atoms with E-state index in [2.05, 4.69) is 4.74 Å². The molecule has 0 aromatic carbocycles. The van der Waals surface area contributed by atoms with Crippen molar-refractivity contribution in [3.63, 3.8) is 0 Å². The quantitative estimate of drug-likeness (QED) is 0.555. The van der Waals surface area contributed by atoms with Crippen LogP contribution < -0.4 is 4.90 Å². The number of ether oxygens (including phenoxy) is 1. The van der Waals surface area contributed by atoms with Crippen LogP contribution in [0, 0.1) is 6.92 Å². The van der Waals surface area contributed by atoms with Gasteiger partial charge in [0.25, 0.3) is 0 Å². The van der Waals surface area contributed by atoms with Gasteiger partial charge >= 0.3 is 5.97 Å². The highest BCUT2D eigenvalue weighted by molar-refractivity contribution is 6.02. The van der Waals surface area contributed by atoms with Crippen molar-refractivity contribution in [3.05, 3.63) is 17.9 Å². The predicted molar refractivity (Wildman–Crippen MR) is 53.5 cm³/mol. The third kappa shape index (κ3) is 2.83. The highest BCUT2D eigenvalue weighted by Gasteiger charge is 2.17. The van der Waals surface area contributed by atoms with Gasteiger partial charge in [0.1, 0.15) is 12.2 Å². The molecule has 0 saturated carbocycles. The van der Waals surface area contributed by atoms with E-state index in [1.165, 1.54) is 12.0 Å². The third-order valence-electron chi connectivity index (χ3n) is 1.95. The highest BCUT2D eigenvalue weighted by Crippen LogP contribution is 2.17. The molecule has 1 amide bonds. The topological polar surface area (TPSA) is 59.8 Å². The largest absolute Gasteiger partial charge is 0.469 e. The second-order valence-electron chi connectivity index (χ2n) is 3.09. The Bertz CT molecular complexity index is 369. The van der Waals surface area contributed by atoms with Gasteiger partial charge in [-0.2, -0.15) is 0 Å². The average molecular weight is 211 g/mol. The van der Waals surface area contributed by atoms with Gasteiger partial charge in [0.05, 0.1) is 7.11 Å². The molecule has 1 aromatic heterocycles. The van der Waals surface area contributed by atoms with Gasteiger partial charge in [-0.25, -0.2) is 0 Å². The number of nitrogens with zero attached hydrogens (tertiary/aromatic N) is 1. The smallest absolute Gasteiger partial charge is 0.315 e. The van der Waals surface area contributed by atoms with Crippen molar-refractivity contribution in [2.45, 2.75) is 13.3 Å². The molecule has 0 fully saturated rings. The summed E-state index contributed by atoms with van der Waals surface area (Å²) in [5.74, 6) is 0.204. The molecule has 15 heavy (non-hydrogen) atoms. The monoisotopic (exact) mass is 211 g/mol. The van der Waals surface area contributed by atoms with Gasteiger partial charge < -0.3 is 9.15 Å². The average Bonchev–Trinajstić information content (AvgIpc) is 2.63. The van der Waals surface area contributed by atoms with Gasteiger partial charge in [-0.15, -0.1) is 0 Å². The van der Waals surface area contributed by atoms with Gasteiger partial charge in [0, 0.05) is 13.1 Å². The van der Waals surface area contributed by atoms with E-state index in [-0.39, 0.29) is 12.3 Å². The molecule has 1 aromatic rings. The van der Waals surface area contributed by atoms with Crippen LogP contribution in [0.25, 0.3) is 0 Å². The maximum Gasteiger partial charge on any atom is 0.315 e. The second-order valence-corrected chi connectivity index (χ2v) is 3.09. The van der Waals surface area contributed by atoms with Gasteiger partial charge in [-0.3, -0.25) is 14.5 Å². The second kappa shape index (κ2) is 4.63. The van der Waals surface area contributed by atoms with Crippen molar-refractivity contribution in [3.8, 4) is 0 Å². The van der Waals surface area contributed by atoms with E-state index >= 15 is 0 Å². The minimum absolute atomic E-state index is 0.285. The molecule has 0 unspecified atom stereocenters. The van der Waals surface area contributed by atoms with Crippen LogP contribution in [0.15, 0.2) is 16.5 Å². The Labute approximate surface area is 87.6 Å². The summed E-state index contributed by atoms with van der Waals surface area (Å²) in [5.41, 5.74) is 0. The van der Waals surface area contributed by atoms with Crippen molar-refractivity contribution in [1.29, 1.82) is 0 Å². The number of rotatable bonds is 3. The fraction of sp³-hybridized carbons (Fsp3) is 0.400. The summed E-state index contributed by atoms with van der Waals surface area (Å²) in [6.45, 7) is 1.78. The number of hydrogen-bond acceptors (Lipinski definition) is 4. The molecule has 82 valence electrons. The van der Waals surface area contributed by atoms with Crippen molar-refractivity contribution in [2.24, 2.45) is 0 Å². The highest BCUT2D eigenvalue weighted by atomic mass is 16.5. The summed E-state index contributed by atoms with van der Waals surface area (Å²) in [6, 6.07) is 3.42. The third-order valence-corrected chi connectivity index (χ3v) is 1.95. The van der Waals surface area contributed by atoms with Crippen molar-refractivity contribution in [1.82, 2.24) is 0 Å². The maximum absolute atomic E-state index is 11.5. The Morgan fingerprint density at radius 1 is 1.47 bits per heavy atom. The Morgan fingerprint density at radius 2 is 2.13 bits per heavy atom. The number of carbonyl (C=O) groups is 2. The van der Waals surface area contributed by atoms with Crippen LogP contribution in [0.2, 0.25) is 0 Å². The molecule has 0 aliphatic carbocycles. The maximum atomic E-state index is 11.5. The number of aryl methyl sites for hydroxylation is 1. The summed E-state index contributed by atoms with van der Waals surface area (Å²) in [6.07, 6.45) is -0.285. The molecule has 0 spiro atoms. The first-order valence-electron chi connectivity index (χ1n) is 4.44. The van der Waals surface area contributed by atoms with Crippen LogP contribution >= 0.6 is 0 Å². The Morgan fingerprint density at radius 3 is 2.60 bits per heavy atom. The van der Waals surface area contributed by atoms with E-state index in [0.717, 1.165) is 0 Å². The summed E-state index contributed by atoms with van der Waals surface area (Å²) in [5, 5.41) is 0. The molecule has 0 N–H and O–H groups in total.